The third kappa shape index (κ3) is 4.46. The Morgan fingerprint density at radius 2 is 1.48 bits per heavy atom. The normalized spacial score (nSPS) is 11.5. The summed E-state index contributed by atoms with van der Waals surface area (Å²) in [5.74, 6) is 1.47. The first-order chi connectivity index (χ1) is 15.9. The largest absolute Gasteiger partial charge is 0.497 e. The lowest BCUT2D eigenvalue weighted by atomic mass is 10.0. The highest BCUT2D eigenvalue weighted by molar-refractivity contribution is 6.05. The predicted octanol–water partition coefficient (Wildman–Crippen LogP) is 5.61. The lowest BCUT2D eigenvalue weighted by molar-refractivity contribution is 0.414. The number of aliphatic imine (C=N–C) groups is 1. The molecule has 0 saturated heterocycles. The highest BCUT2D eigenvalue weighted by Gasteiger charge is 2.20. The number of hydrogen-bond acceptors (Lipinski definition) is 4. The molecule has 0 aliphatic heterocycles. The molecule has 1 aromatic heterocycles. The molecule has 0 fully saturated rings. The van der Waals surface area contributed by atoms with Crippen molar-refractivity contribution < 1.29 is 9.47 Å². The summed E-state index contributed by atoms with van der Waals surface area (Å²) in [7, 11) is 3.24. The van der Waals surface area contributed by atoms with E-state index in [9.17, 15) is 4.79 Å². The zero-order valence-corrected chi connectivity index (χ0v) is 19.5. The van der Waals surface area contributed by atoms with Crippen molar-refractivity contribution in [1.29, 1.82) is 0 Å². The van der Waals surface area contributed by atoms with Crippen LogP contribution in [0.2, 0.25) is 0 Å². The van der Waals surface area contributed by atoms with Crippen molar-refractivity contribution in [2.45, 2.75) is 20.8 Å². The van der Waals surface area contributed by atoms with E-state index in [-0.39, 0.29) is 5.56 Å². The van der Waals surface area contributed by atoms with E-state index in [1.54, 1.807) is 14.2 Å². The number of H-pyrrole nitrogens is 1. The molecule has 4 aromatic rings. The average molecular weight is 442 g/mol. The van der Waals surface area contributed by atoms with E-state index >= 15 is 0 Å². The molecule has 0 aliphatic carbocycles. The third-order valence-electron chi connectivity index (χ3n) is 5.60. The predicted molar refractivity (Wildman–Crippen MR) is 133 cm³/mol. The number of benzene rings is 3. The second kappa shape index (κ2) is 9.20. The van der Waals surface area contributed by atoms with Crippen LogP contribution < -0.4 is 15.0 Å². The Morgan fingerprint density at radius 3 is 2.06 bits per heavy atom. The summed E-state index contributed by atoms with van der Waals surface area (Å²) in [6.45, 7) is 5.94. The smallest absolute Gasteiger partial charge is 0.280 e. The van der Waals surface area contributed by atoms with Crippen LogP contribution >= 0.6 is 0 Å². The van der Waals surface area contributed by atoms with Crippen LogP contribution in [0.5, 0.6) is 11.5 Å². The van der Waals surface area contributed by atoms with Gasteiger partial charge in [0.25, 0.3) is 5.56 Å². The highest BCUT2D eigenvalue weighted by Crippen LogP contribution is 2.26. The molecule has 0 atom stereocenters. The molecule has 0 radical (unpaired) electrons. The fraction of sp³-hybridized carbons (Fsp3) is 0.185. The molecule has 0 amide bonds. The van der Waals surface area contributed by atoms with Crippen LogP contribution in [0.4, 0.5) is 5.69 Å². The molecule has 0 saturated carbocycles. The van der Waals surface area contributed by atoms with Crippen LogP contribution in [-0.2, 0) is 0 Å². The molecule has 0 unspecified atom stereocenters. The van der Waals surface area contributed by atoms with Crippen LogP contribution in [0.3, 0.4) is 0 Å². The minimum atomic E-state index is -0.169. The van der Waals surface area contributed by atoms with Crippen molar-refractivity contribution in [3.05, 3.63) is 93.8 Å². The molecule has 168 valence electrons. The van der Waals surface area contributed by atoms with Crippen molar-refractivity contribution in [3.8, 4) is 28.4 Å². The van der Waals surface area contributed by atoms with Gasteiger partial charge >= 0.3 is 0 Å². The van der Waals surface area contributed by atoms with Gasteiger partial charge in [0.15, 0.2) is 0 Å². The van der Waals surface area contributed by atoms with Gasteiger partial charge in [-0.05, 0) is 80.9 Å². The fourth-order valence-electron chi connectivity index (χ4n) is 3.82. The van der Waals surface area contributed by atoms with E-state index in [0.29, 0.717) is 22.7 Å². The Bertz CT molecular complexity index is 1360. The molecule has 6 nitrogen and oxygen atoms in total. The van der Waals surface area contributed by atoms with Gasteiger partial charge in [-0.25, -0.2) is 4.68 Å². The van der Waals surface area contributed by atoms with Crippen LogP contribution in [0, 0.1) is 13.8 Å². The van der Waals surface area contributed by atoms with Gasteiger partial charge in [0, 0.05) is 5.56 Å². The SMILES string of the molecule is COc1ccc(-c2[nH]n(-c3ccc(OC)cc3)c(=O)c2C(C)=Nc2ccc(C)cc2C)cc1. The molecule has 3 aromatic carbocycles. The number of rotatable bonds is 6. The van der Waals surface area contributed by atoms with Crippen molar-refractivity contribution in [2.24, 2.45) is 4.99 Å². The maximum Gasteiger partial charge on any atom is 0.280 e. The standard InChI is InChI=1S/C27H27N3O3/c1-17-6-15-24(18(2)16-17)28-19(3)25-26(20-7-11-22(32-4)12-8-20)29-30(27(25)31)21-9-13-23(33-5)14-10-21/h6-16,29H,1-5H3. The minimum Gasteiger partial charge on any atom is -0.497 e. The van der Waals surface area contributed by atoms with Crippen LogP contribution in [0.15, 0.2) is 76.5 Å². The topological polar surface area (TPSA) is 68.6 Å². The Kier molecular flexibility index (Phi) is 6.18. The molecule has 1 N–H and O–H groups in total. The maximum absolute atomic E-state index is 13.6. The summed E-state index contributed by atoms with van der Waals surface area (Å²) in [5, 5.41) is 3.29. The molecular formula is C27H27N3O3. The number of methoxy groups -OCH3 is 2. The zero-order chi connectivity index (χ0) is 23.5. The Hall–Kier alpha value is -4.06. The fourth-order valence-corrected chi connectivity index (χ4v) is 3.82. The monoisotopic (exact) mass is 441 g/mol. The van der Waals surface area contributed by atoms with E-state index < -0.39 is 0 Å². The molecule has 33 heavy (non-hydrogen) atoms. The van der Waals surface area contributed by atoms with Gasteiger partial charge in [0.1, 0.15) is 11.5 Å². The van der Waals surface area contributed by atoms with Crippen LogP contribution in [0.1, 0.15) is 23.6 Å². The van der Waals surface area contributed by atoms with Crippen molar-refractivity contribution in [2.75, 3.05) is 14.2 Å². The summed E-state index contributed by atoms with van der Waals surface area (Å²) in [6.07, 6.45) is 0. The third-order valence-corrected chi connectivity index (χ3v) is 5.60. The zero-order valence-electron chi connectivity index (χ0n) is 19.5. The van der Waals surface area contributed by atoms with E-state index in [1.807, 2.05) is 74.5 Å². The van der Waals surface area contributed by atoms with E-state index in [1.165, 1.54) is 10.2 Å². The molecule has 0 spiro atoms. The van der Waals surface area contributed by atoms with Gasteiger partial charge in [-0.3, -0.25) is 14.9 Å². The van der Waals surface area contributed by atoms with Gasteiger partial charge in [0.2, 0.25) is 0 Å². The van der Waals surface area contributed by atoms with Gasteiger partial charge in [-0.2, -0.15) is 0 Å². The summed E-state index contributed by atoms with van der Waals surface area (Å²) in [4.78, 5) is 18.4. The number of aromatic nitrogens is 2. The molecule has 0 aliphatic rings. The number of aryl methyl sites for hydroxylation is 2. The first kappa shape index (κ1) is 22.1. The average Bonchev–Trinajstić information content (AvgIpc) is 3.18. The number of aromatic amines is 1. The van der Waals surface area contributed by atoms with Gasteiger partial charge in [-0.1, -0.05) is 17.7 Å². The number of nitrogens with zero attached hydrogens (tertiary/aromatic N) is 2. The molecule has 6 heteroatoms. The second-order valence-corrected chi connectivity index (χ2v) is 7.92. The number of nitrogens with one attached hydrogen (secondary N) is 1. The summed E-state index contributed by atoms with van der Waals surface area (Å²) in [6, 6.07) is 21.0. The van der Waals surface area contributed by atoms with Crippen LogP contribution in [0.25, 0.3) is 16.9 Å². The number of hydrogen-bond donors (Lipinski definition) is 1. The van der Waals surface area contributed by atoms with Crippen molar-refractivity contribution >= 4 is 11.4 Å². The molecule has 0 bridgehead atoms. The van der Waals surface area contributed by atoms with Crippen molar-refractivity contribution in [3.63, 3.8) is 0 Å². The molecule has 1 heterocycles. The number of ether oxygens (including phenoxy) is 2. The first-order valence-electron chi connectivity index (χ1n) is 10.7. The van der Waals surface area contributed by atoms with Gasteiger partial charge in [-0.15, -0.1) is 0 Å². The Balaban J connectivity index is 1.90. The Labute approximate surface area is 193 Å². The van der Waals surface area contributed by atoms with Gasteiger partial charge in [0.05, 0.1) is 42.6 Å². The second-order valence-electron chi connectivity index (χ2n) is 7.92. The van der Waals surface area contributed by atoms with E-state index in [2.05, 4.69) is 18.1 Å². The highest BCUT2D eigenvalue weighted by atomic mass is 16.5. The lowest BCUT2D eigenvalue weighted by Crippen LogP contribution is -2.19. The summed E-state index contributed by atoms with van der Waals surface area (Å²) in [5.41, 5.74) is 6.35. The molecular weight excluding hydrogens is 414 g/mol. The minimum absolute atomic E-state index is 0.169. The van der Waals surface area contributed by atoms with E-state index in [4.69, 9.17) is 14.5 Å². The summed E-state index contributed by atoms with van der Waals surface area (Å²) < 4.78 is 12.1. The lowest BCUT2D eigenvalue weighted by Gasteiger charge is -2.06. The van der Waals surface area contributed by atoms with E-state index in [0.717, 1.165) is 28.3 Å². The quantitative estimate of drug-likeness (QED) is 0.396. The molecule has 4 rings (SSSR count). The van der Waals surface area contributed by atoms with Crippen molar-refractivity contribution in [1.82, 2.24) is 9.78 Å². The van der Waals surface area contributed by atoms with Gasteiger partial charge < -0.3 is 9.47 Å². The summed E-state index contributed by atoms with van der Waals surface area (Å²) >= 11 is 0. The first-order valence-corrected chi connectivity index (χ1v) is 10.7. The maximum atomic E-state index is 13.6. The van der Waals surface area contributed by atoms with Crippen LogP contribution in [-0.4, -0.2) is 29.7 Å². The Morgan fingerprint density at radius 1 is 0.879 bits per heavy atom.